The maximum Gasteiger partial charge on any atom is 0.272 e. The molecule has 1 N–H and O–H groups in total. The highest BCUT2D eigenvalue weighted by molar-refractivity contribution is 5.43. The summed E-state index contributed by atoms with van der Waals surface area (Å²) >= 11 is 0. The van der Waals surface area contributed by atoms with Crippen LogP contribution < -0.4 is 9.47 Å². The average Bonchev–Trinajstić information content (AvgIpc) is 3.27. The number of β-amino-alcohol motifs (C(OH)–C–C–N with tert-alkyl or cyclic N) is 1. The lowest BCUT2D eigenvalue weighted by Gasteiger charge is -2.38. The zero-order valence-corrected chi connectivity index (χ0v) is 17.7. The largest absolute Gasteiger partial charge is 0.493 e. The lowest BCUT2D eigenvalue weighted by Crippen LogP contribution is -2.55. The molecule has 2 aliphatic rings. The minimum atomic E-state index is -2.57. The maximum absolute atomic E-state index is 13.0. The molecule has 3 heterocycles. The topological polar surface area (TPSA) is 75.9 Å². The number of rotatable bonds is 9. The van der Waals surface area contributed by atoms with Crippen molar-refractivity contribution in [3.05, 3.63) is 36.4 Å². The molecule has 1 unspecified atom stereocenters. The first-order chi connectivity index (χ1) is 14.9. The van der Waals surface area contributed by atoms with E-state index in [2.05, 4.69) is 15.1 Å². The maximum atomic E-state index is 13.0. The number of piperidine rings is 1. The molecule has 10 heteroatoms. The third-order valence-corrected chi connectivity index (χ3v) is 5.86. The van der Waals surface area contributed by atoms with E-state index < -0.39 is 12.0 Å². The molecule has 0 bridgehead atoms. The standard InChI is InChI=1S/C21H29F2N5O3/c1-30-20-8-16(9-27-12-21(22,23)13-27)2-3-19(20)31-11-18(29)10-26-6-4-17(5-7-26)28-14-24-25-15-28/h2-3,8,14-15,17-18,29H,4-7,9-13H2,1H3. The van der Waals surface area contributed by atoms with Crippen LogP contribution in [0.25, 0.3) is 0 Å². The number of alkyl halides is 2. The van der Waals surface area contributed by atoms with Crippen LogP contribution in [0.4, 0.5) is 8.78 Å². The van der Waals surface area contributed by atoms with Gasteiger partial charge in [0, 0.05) is 32.2 Å². The highest BCUT2D eigenvalue weighted by Gasteiger charge is 2.43. The summed E-state index contributed by atoms with van der Waals surface area (Å²) in [5.41, 5.74) is 0.885. The van der Waals surface area contributed by atoms with E-state index in [9.17, 15) is 13.9 Å². The first kappa shape index (κ1) is 21.9. The lowest BCUT2D eigenvalue weighted by molar-refractivity contribution is -0.133. The summed E-state index contributed by atoms with van der Waals surface area (Å²) in [6.45, 7) is 2.51. The van der Waals surface area contributed by atoms with Crippen LogP contribution in [-0.2, 0) is 6.54 Å². The molecule has 170 valence electrons. The summed E-state index contributed by atoms with van der Waals surface area (Å²) in [5, 5.41) is 18.2. The van der Waals surface area contributed by atoms with E-state index in [1.165, 1.54) is 0 Å². The van der Waals surface area contributed by atoms with E-state index in [-0.39, 0.29) is 19.7 Å². The molecule has 0 amide bonds. The molecule has 0 radical (unpaired) electrons. The van der Waals surface area contributed by atoms with Crippen molar-refractivity contribution in [3.63, 3.8) is 0 Å². The van der Waals surface area contributed by atoms with Gasteiger partial charge in [0.25, 0.3) is 5.92 Å². The van der Waals surface area contributed by atoms with Crippen molar-refractivity contribution in [2.24, 2.45) is 0 Å². The summed E-state index contributed by atoms with van der Waals surface area (Å²) in [6.07, 6.45) is 4.86. The molecule has 1 aromatic heterocycles. The van der Waals surface area contributed by atoms with Gasteiger partial charge in [-0.3, -0.25) is 4.90 Å². The Kier molecular flexibility index (Phi) is 6.68. The Morgan fingerprint density at radius 2 is 1.84 bits per heavy atom. The first-order valence-corrected chi connectivity index (χ1v) is 10.6. The molecule has 2 saturated heterocycles. The predicted octanol–water partition coefficient (Wildman–Crippen LogP) is 1.81. The van der Waals surface area contributed by atoms with Crippen LogP contribution in [0.2, 0.25) is 0 Å². The number of hydrogen-bond acceptors (Lipinski definition) is 7. The Morgan fingerprint density at radius 1 is 1.13 bits per heavy atom. The van der Waals surface area contributed by atoms with Gasteiger partial charge in [0.2, 0.25) is 0 Å². The summed E-state index contributed by atoms with van der Waals surface area (Å²) in [5.74, 6) is -1.51. The van der Waals surface area contributed by atoms with Crippen molar-refractivity contribution in [2.75, 3.05) is 46.4 Å². The summed E-state index contributed by atoms with van der Waals surface area (Å²) < 4.78 is 39.2. The fourth-order valence-electron chi connectivity index (χ4n) is 4.24. The van der Waals surface area contributed by atoms with Gasteiger partial charge in [0.1, 0.15) is 25.4 Å². The number of aliphatic hydroxyl groups is 1. The second-order valence-electron chi connectivity index (χ2n) is 8.39. The Bertz CT molecular complexity index is 836. The number of nitrogens with zero attached hydrogens (tertiary/aromatic N) is 5. The molecule has 0 spiro atoms. The van der Waals surface area contributed by atoms with Gasteiger partial charge in [-0.1, -0.05) is 6.07 Å². The molecule has 8 nitrogen and oxygen atoms in total. The van der Waals surface area contributed by atoms with E-state index in [0.717, 1.165) is 31.5 Å². The van der Waals surface area contributed by atoms with Crippen molar-refractivity contribution < 1.29 is 23.4 Å². The van der Waals surface area contributed by atoms with Gasteiger partial charge in [-0.25, -0.2) is 8.78 Å². The lowest BCUT2D eigenvalue weighted by atomic mass is 10.0. The second-order valence-corrected chi connectivity index (χ2v) is 8.39. The highest BCUT2D eigenvalue weighted by Crippen LogP contribution is 2.32. The molecule has 1 aromatic carbocycles. The normalized spacial score (nSPS) is 20.9. The van der Waals surface area contributed by atoms with Crippen molar-refractivity contribution >= 4 is 0 Å². The van der Waals surface area contributed by atoms with Gasteiger partial charge in [0.05, 0.1) is 20.2 Å². The van der Waals surface area contributed by atoms with E-state index >= 15 is 0 Å². The highest BCUT2D eigenvalue weighted by atomic mass is 19.3. The number of benzene rings is 1. The average molecular weight is 437 g/mol. The minimum Gasteiger partial charge on any atom is -0.493 e. The fourth-order valence-corrected chi connectivity index (χ4v) is 4.24. The quantitative estimate of drug-likeness (QED) is 0.641. The molecule has 2 fully saturated rings. The van der Waals surface area contributed by atoms with Gasteiger partial charge in [-0.05, 0) is 30.5 Å². The molecule has 0 saturated carbocycles. The summed E-state index contributed by atoms with van der Waals surface area (Å²) in [4.78, 5) is 3.92. The minimum absolute atomic E-state index is 0.152. The predicted molar refractivity (Wildman–Crippen MR) is 109 cm³/mol. The summed E-state index contributed by atoms with van der Waals surface area (Å²) in [7, 11) is 1.54. The Balaban J connectivity index is 1.22. The number of hydrogen-bond donors (Lipinski definition) is 1. The molecule has 0 aliphatic carbocycles. The van der Waals surface area contributed by atoms with Crippen LogP contribution in [0.5, 0.6) is 11.5 Å². The van der Waals surface area contributed by atoms with Crippen LogP contribution in [0.15, 0.2) is 30.9 Å². The van der Waals surface area contributed by atoms with E-state index in [4.69, 9.17) is 9.47 Å². The second kappa shape index (κ2) is 9.46. The van der Waals surface area contributed by atoms with Gasteiger partial charge >= 0.3 is 0 Å². The Labute approximate surface area is 180 Å². The van der Waals surface area contributed by atoms with Crippen molar-refractivity contribution in [3.8, 4) is 11.5 Å². The van der Waals surface area contributed by atoms with Gasteiger partial charge < -0.3 is 24.0 Å². The molecule has 4 rings (SSSR count). The van der Waals surface area contributed by atoms with Crippen LogP contribution in [0, 0.1) is 0 Å². The van der Waals surface area contributed by atoms with Crippen molar-refractivity contribution in [1.29, 1.82) is 0 Å². The van der Waals surface area contributed by atoms with E-state index in [0.29, 0.717) is 30.6 Å². The SMILES string of the molecule is COc1cc(CN2CC(F)(F)C2)ccc1OCC(O)CN1CCC(n2cnnc2)CC1. The van der Waals surface area contributed by atoms with Gasteiger partial charge in [-0.2, -0.15) is 0 Å². The van der Waals surface area contributed by atoms with Gasteiger partial charge in [0.15, 0.2) is 11.5 Å². The fraction of sp³-hybridized carbons (Fsp3) is 0.619. The van der Waals surface area contributed by atoms with Crippen LogP contribution in [0.3, 0.4) is 0 Å². The number of aromatic nitrogens is 3. The molecule has 1 atom stereocenters. The number of methoxy groups -OCH3 is 1. The first-order valence-electron chi connectivity index (χ1n) is 10.6. The van der Waals surface area contributed by atoms with E-state index in [1.54, 1.807) is 36.8 Å². The van der Waals surface area contributed by atoms with Crippen LogP contribution >= 0.6 is 0 Å². The zero-order chi connectivity index (χ0) is 21.8. The molecular weight excluding hydrogens is 408 g/mol. The molecular formula is C21H29F2N5O3. The third kappa shape index (κ3) is 5.69. The Hall–Kier alpha value is -2.30. The smallest absolute Gasteiger partial charge is 0.272 e. The summed E-state index contributed by atoms with van der Waals surface area (Å²) in [6, 6.07) is 5.82. The Morgan fingerprint density at radius 3 is 2.48 bits per heavy atom. The van der Waals surface area contributed by atoms with Crippen molar-refractivity contribution in [2.45, 2.75) is 37.5 Å². The molecule has 2 aliphatic heterocycles. The van der Waals surface area contributed by atoms with Crippen molar-refractivity contribution in [1.82, 2.24) is 24.6 Å². The third-order valence-electron chi connectivity index (χ3n) is 5.86. The van der Waals surface area contributed by atoms with E-state index in [1.807, 2.05) is 10.6 Å². The number of ether oxygens (including phenoxy) is 2. The van der Waals surface area contributed by atoms with Gasteiger partial charge in [-0.15, -0.1) is 10.2 Å². The van der Waals surface area contributed by atoms with Crippen LogP contribution in [-0.4, -0.2) is 88.1 Å². The molecule has 31 heavy (non-hydrogen) atoms. The number of aliphatic hydroxyl groups excluding tert-OH is 1. The zero-order valence-electron chi connectivity index (χ0n) is 17.7. The monoisotopic (exact) mass is 437 g/mol. The number of halogens is 2. The van der Waals surface area contributed by atoms with Crippen LogP contribution in [0.1, 0.15) is 24.4 Å². The number of likely N-dealkylation sites (tertiary alicyclic amines) is 2. The molecule has 2 aromatic rings.